The lowest BCUT2D eigenvalue weighted by atomic mass is 9.77. The highest BCUT2D eigenvalue weighted by molar-refractivity contribution is 6.05. The van der Waals surface area contributed by atoms with Crippen LogP contribution in [-0.4, -0.2) is 31.1 Å². The lowest BCUT2D eigenvalue weighted by Crippen LogP contribution is -2.71. The maximum absolute atomic E-state index is 12.3. The molecule has 1 amide bonds. The van der Waals surface area contributed by atoms with Crippen LogP contribution in [0.5, 0.6) is 0 Å². The van der Waals surface area contributed by atoms with Crippen LogP contribution in [0.2, 0.25) is 0 Å². The van der Waals surface area contributed by atoms with E-state index in [4.69, 9.17) is 0 Å². The first kappa shape index (κ1) is 13.1. The van der Waals surface area contributed by atoms with Gasteiger partial charge in [-0.1, -0.05) is 6.07 Å². The fraction of sp³-hybridized carbons (Fsp3) is 0.533. The van der Waals surface area contributed by atoms with Gasteiger partial charge in [0.2, 0.25) is 5.91 Å². The van der Waals surface area contributed by atoms with Crippen molar-refractivity contribution >= 4 is 11.6 Å². The Bertz CT molecular complexity index is 491. The molecule has 1 heterocycles. The van der Waals surface area contributed by atoms with E-state index in [0.29, 0.717) is 0 Å². The Morgan fingerprint density at radius 3 is 2.28 bits per heavy atom. The van der Waals surface area contributed by atoms with Crippen LogP contribution in [0.1, 0.15) is 25.0 Å². The standard InChI is InChI=1S/C15H22N2O/c1-10-7-8-12(9-11(10)2)17-13(16(5)6)15(3,4)14(17)18/h7-9,13H,1-6H3. The first-order chi connectivity index (χ1) is 8.26. The third-order valence-electron chi connectivity index (χ3n) is 3.92. The Labute approximate surface area is 109 Å². The predicted molar refractivity (Wildman–Crippen MR) is 74.7 cm³/mol. The van der Waals surface area contributed by atoms with E-state index in [1.807, 2.05) is 38.9 Å². The van der Waals surface area contributed by atoms with Crippen molar-refractivity contribution in [2.75, 3.05) is 19.0 Å². The second-order valence-electron chi connectivity index (χ2n) is 6.00. The first-order valence-corrected chi connectivity index (χ1v) is 6.34. The summed E-state index contributed by atoms with van der Waals surface area (Å²) in [6.45, 7) is 8.19. The highest BCUT2D eigenvalue weighted by Gasteiger charge is 2.55. The van der Waals surface area contributed by atoms with Gasteiger partial charge in [-0.05, 0) is 65.0 Å². The van der Waals surface area contributed by atoms with Crippen molar-refractivity contribution in [1.29, 1.82) is 0 Å². The van der Waals surface area contributed by atoms with E-state index >= 15 is 0 Å². The van der Waals surface area contributed by atoms with Crippen LogP contribution in [0.25, 0.3) is 0 Å². The smallest absolute Gasteiger partial charge is 0.237 e. The summed E-state index contributed by atoms with van der Waals surface area (Å²) >= 11 is 0. The third-order valence-corrected chi connectivity index (χ3v) is 3.92. The van der Waals surface area contributed by atoms with Crippen molar-refractivity contribution in [3.63, 3.8) is 0 Å². The van der Waals surface area contributed by atoms with Gasteiger partial charge >= 0.3 is 0 Å². The average molecular weight is 246 g/mol. The zero-order valence-electron chi connectivity index (χ0n) is 12.1. The zero-order valence-corrected chi connectivity index (χ0v) is 12.1. The lowest BCUT2D eigenvalue weighted by molar-refractivity contribution is -0.142. The van der Waals surface area contributed by atoms with Crippen molar-refractivity contribution in [3.05, 3.63) is 29.3 Å². The summed E-state index contributed by atoms with van der Waals surface area (Å²) in [5.74, 6) is 0.199. The zero-order chi connectivity index (χ0) is 13.7. The number of nitrogens with zero attached hydrogens (tertiary/aromatic N) is 2. The molecular weight excluding hydrogens is 224 g/mol. The molecule has 1 fully saturated rings. The quantitative estimate of drug-likeness (QED) is 0.749. The number of β-lactam (4-membered cyclic amide) rings is 1. The number of carbonyl (C=O) groups excluding carboxylic acids is 1. The van der Waals surface area contributed by atoms with E-state index in [0.717, 1.165) is 5.69 Å². The molecule has 0 radical (unpaired) electrons. The van der Waals surface area contributed by atoms with Crippen LogP contribution in [0.15, 0.2) is 18.2 Å². The molecule has 0 spiro atoms. The third kappa shape index (κ3) is 1.74. The highest BCUT2D eigenvalue weighted by Crippen LogP contribution is 2.42. The van der Waals surface area contributed by atoms with E-state index in [-0.39, 0.29) is 17.5 Å². The number of amides is 1. The van der Waals surface area contributed by atoms with Gasteiger partial charge in [-0.25, -0.2) is 0 Å². The second kappa shape index (κ2) is 4.09. The summed E-state index contributed by atoms with van der Waals surface area (Å²) in [6.07, 6.45) is 0.132. The van der Waals surface area contributed by atoms with Crippen molar-refractivity contribution < 1.29 is 4.79 Å². The van der Waals surface area contributed by atoms with Crippen LogP contribution >= 0.6 is 0 Å². The topological polar surface area (TPSA) is 23.6 Å². The summed E-state index contributed by atoms with van der Waals surface area (Å²) in [5, 5.41) is 0. The average Bonchev–Trinajstić information content (AvgIpc) is 2.28. The van der Waals surface area contributed by atoms with E-state index in [1.54, 1.807) is 0 Å². The molecule has 0 aromatic heterocycles. The molecule has 2 rings (SSSR count). The Kier molecular flexibility index (Phi) is 2.98. The van der Waals surface area contributed by atoms with Gasteiger partial charge < -0.3 is 0 Å². The number of anilines is 1. The molecule has 1 aliphatic heterocycles. The number of hydrogen-bond acceptors (Lipinski definition) is 2. The van der Waals surface area contributed by atoms with Crippen LogP contribution in [-0.2, 0) is 4.79 Å². The van der Waals surface area contributed by atoms with Gasteiger partial charge in [0.25, 0.3) is 0 Å². The number of benzene rings is 1. The Morgan fingerprint density at radius 2 is 1.78 bits per heavy atom. The summed E-state index contributed by atoms with van der Waals surface area (Å²) in [7, 11) is 4.04. The molecule has 0 bridgehead atoms. The summed E-state index contributed by atoms with van der Waals surface area (Å²) in [4.78, 5) is 16.3. The minimum Gasteiger partial charge on any atom is -0.295 e. The summed E-state index contributed by atoms with van der Waals surface area (Å²) < 4.78 is 0. The van der Waals surface area contributed by atoms with E-state index < -0.39 is 0 Å². The molecule has 3 heteroatoms. The minimum absolute atomic E-state index is 0.132. The highest BCUT2D eigenvalue weighted by atomic mass is 16.2. The molecule has 1 aromatic carbocycles. The number of aryl methyl sites for hydroxylation is 2. The van der Waals surface area contributed by atoms with Crippen molar-refractivity contribution in [2.45, 2.75) is 33.9 Å². The van der Waals surface area contributed by atoms with Crippen LogP contribution in [0, 0.1) is 19.3 Å². The fourth-order valence-corrected chi connectivity index (χ4v) is 2.80. The van der Waals surface area contributed by atoms with Gasteiger partial charge in [0, 0.05) is 5.69 Å². The van der Waals surface area contributed by atoms with Crippen LogP contribution in [0.4, 0.5) is 5.69 Å². The molecule has 1 aromatic rings. The SMILES string of the molecule is Cc1ccc(N2C(=O)C(C)(C)C2N(C)C)cc1C. The molecule has 1 atom stereocenters. The van der Waals surface area contributed by atoms with Gasteiger partial charge in [-0.15, -0.1) is 0 Å². The largest absolute Gasteiger partial charge is 0.295 e. The van der Waals surface area contributed by atoms with Crippen molar-refractivity contribution in [1.82, 2.24) is 4.90 Å². The molecule has 1 unspecified atom stereocenters. The van der Waals surface area contributed by atoms with Crippen LogP contribution in [0.3, 0.4) is 0 Å². The molecule has 98 valence electrons. The van der Waals surface area contributed by atoms with Gasteiger partial charge in [0.15, 0.2) is 0 Å². The van der Waals surface area contributed by atoms with E-state index in [1.165, 1.54) is 11.1 Å². The van der Waals surface area contributed by atoms with E-state index in [9.17, 15) is 4.79 Å². The molecule has 18 heavy (non-hydrogen) atoms. The lowest BCUT2D eigenvalue weighted by Gasteiger charge is -2.55. The molecule has 0 aliphatic carbocycles. The second-order valence-corrected chi connectivity index (χ2v) is 6.00. The van der Waals surface area contributed by atoms with Crippen molar-refractivity contribution in [2.24, 2.45) is 5.41 Å². The van der Waals surface area contributed by atoms with Gasteiger partial charge in [-0.3, -0.25) is 14.6 Å². The Balaban J connectivity index is 2.38. The van der Waals surface area contributed by atoms with Gasteiger partial charge in [-0.2, -0.15) is 0 Å². The number of hydrogen-bond donors (Lipinski definition) is 0. The monoisotopic (exact) mass is 246 g/mol. The number of carbonyl (C=O) groups is 1. The van der Waals surface area contributed by atoms with Gasteiger partial charge in [0.1, 0.15) is 6.17 Å². The Hall–Kier alpha value is -1.35. The first-order valence-electron chi connectivity index (χ1n) is 6.34. The maximum atomic E-state index is 12.3. The maximum Gasteiger partial charge on any atom is 0.237 e. The molecule has 1 aliphatic rings. The normalized spacial score (nSPS) is 22.3. The number of rotatable bonds is 2. The summed E-state index contributed by atoms with van der Waals surface area (Å²) in [6, 6.07) is 6.21. The van der Waals surface area contributed by atoms with E-state index in [2.05, 4.69) is 30.9 Å². The predicted octanol–water partition coefficient (Wildman–Crippen LogP) is 2.56. The molecule has 0 saturated carbocycles. The van der Waals surface area contributed by atoms with Crippen LogP contribution < -0.4 is 4.90 Å². The van der Waals surface area contributed by atoms with Crippen molar-refractivity contribution in [3.8, 4) is 0 Å². The Morgan fingerprint density at radius 1 is 1.17 bits per heavy atom. The molecule has 0 N–H and O–H groups in total. The molecule has 3 nitrogen and oxygen atoms in total. The molecule has 1 saturated heterocycles. The summed E-state index contributed by atoms with van der Waals surface area (Å²) in [5.41, 5.74) is 3.18. The van der Waals surface area contributed by atoms with Gasteiger partial charge in [0.05, 0.1) is 5.41 Å². The fourth-order valence-electron chi connectivity index (χ4n) is 2.80. The minimum atomic E-state index is -0.303. The molecular formula is C15H22N2O.